The highest BCUT2D eigenvalue weighted by Crippen LogP contribution is 2.17. The molecule has 0 aliphatic heterocycles. The van der Waals surface area contributed by atoms with E-state index in [1.54, 1.807) is 6.07 Å². The molecule has 0 aliphatic carbocycles. The normalized spacial score (nSPS) is 10.2. The zero-order chi connectivity index (χ0) is 10.7. The molecule has 0 atom stereocenters. The molecule has 0 aliphatic rings. The maximum Gasteiger partial charge on any atom is 0.180 e. The molecule has 0 amide bonds. The van der Waals surface area contributed by atoms with E-state index < -0.39 is 0 Å². The average molecular weight is 239 g/mol. The Morgan fingerprint density at radius 2 is 2.20 bits per heavy atom. The largest absolute Gasteiger partial charge is 0.293 e. The van der Waals surface area contributed by atoms with E-state index in [-0.39, 0.29) is 5.78 Å². The van der Waals surface area contributed by atoms with Gasteiger partial charge in [0.2, 0.25) is 0 Å². The van der Waals surface area contributed by atoms with E-state index in [0.717, 1.165) is 17.1 Å². The maximum atomic E-state index is 11.7. The summed E-state index contributed by atoms with van der Waals surface area (Å²) >= 11 is 7.05. The summed E-state index contributed by atoms with van der Waals surface area (Å²) in [6, 6.07) is 7.31. The summed E-state index contributed by atoms with van der Waals surface area (Å²) in [5.74, 6) is -0.00176. The number of hydrogen-bond acceptors (Lipinski definition) is 4. The summed E-state index contributed by atoms with van der Waals surface area (Å²) in [6.45, 7) is 0. The van der Waals surface area contributed by atoms with Gasteiger partial charge in [0.1, 0.15) is 4.88 Å². The fourth-order valence-corrected chi connectivity index (χ4v) is 1.84. The first kappa shape index (κ1) is 10.3. The van der Waals surface area contributed by atoms with Gasteiger partial charge in [-0.15, -0.1) is 5.10 Å². The first-order chi connectivity index (χ1) is 7.27. The van der Waals surface area contributed by atoms with Gasteiger partial charge in [0.25, 0.3) is 0 Å². The minimum absolute atomic E-state index is 0.00176. The van der Waals surface area contributed by atoms with E-state index in [4.69, 9.17) is 11.6 Å². The second-order valence-electron chi connectivity index (χ2n) is 2.97. The van der Waals surface area contributed by atoms with Crippen molar-refractivity contribution in [3.63, 3.8) is 0 Å². The predicted molar refractivity (Wildman–Crippen MR) is 59.4 cm³/mol. The monoisotopic (exact) mass is 238 g/mol. The minimum Gasteiger partial charge on any atom is -0.293 e. The van der Waals surface area contributed by atoms with Crippen LogP contribution in [0, 0.1) is 0 Å². The van der Waals surface area contributed by atoms with Gasteiger partial charge in [-0.2, -0.15) is 0 Å². The van der Waals surface area contributed by atoms with E-state index in [1.165, 1.54) is 6.20 Å². The van der Waals surface area contributed by atoms with Crippen LogP contribution in [0.15, 0.2) is 30.5 Å². The topological polar surface area (TPSA) is 42.9 Å². The highest BCUT2D eigenvalue weighted by atomic mass is 35.5. The van der Waals surface area contributed by atoms with Crippen LogP contribution in [-0.2, 0) is 6.42 Å². The molecule has 0 bridgehead atoms. The summed E-state index contributed by atoms with van der Waals surface area (Å²) in [5, 5.41) is 4.24. The fraction of sp³-hybridized carbons (Fsp3) is 0.100. The lowest BCUT2D eigenvalue weighted by molar-refractivity contribution is 0.0996. The number of aromatic nitrogens is 2. The Kier molecular flexibility index (Phi) is 3.08. The van der Waals surface area contributed by atoms with Crippen LogP contribution < -0.4 is 0 Å². The molecule has 0 unspecified atom stereocenters. The van der Waals surface area contributed by atoms with Gasteiger partial charge >= 0.3 is 0 Å². The zero-order valence-corrected chi connectivity index (χ0v) is 9.26. The van der Waals surface area contributed by atoms with Crippen LogP contribution >= 0.6 is 23.1 Å². The Labute approximate surface area is 95.9 Å². The molecule has 2 aromatic rings. The third-order valence-electron chi connectivity index (χ3n) is 1.94. The highest BCUT2D eigenvalue weighted by Gasteiger charge is 2.11. The van der Waals surface area contributed by atoms with Gasteiger partial charge in [-0.3, -0.25) is 4.79 Å². The third-order valence-corrected chi connectivity index (χ3v) is 3.02. The van der Waals surface area contributed by atoms with Crippen molar-refractivity contribution in [1.82, 2.24) is 9.59 Å². The number of carbonyl (C=O) groups is 1. The Bertz CT molecular complexity index is 470. The van der Waals surface area contributed by atoms with Crippen LogP contribution in [-0.4, -0.2) is 15.4 Å². The van der Waals surface area contributed by atoms with Crippen molar-refractivity contribution in [2.24, 2.45) is 0 Å². The maximum absolute atomic E-state index is 11.7. The van der Waals surface area contributed by atoms with Gasteiger partial charge in [0.15, 0.2) is 5.78 Å². The Hall–Kier alpha value is -1.26. The second-order valence-corrected chi connectivity index (χ2v) is 4.17. The average Bonchev–Trinajstić information content (AvgIpc) is 2.74. The number of hydrogen-bond donors (Lipinski definition) is 0. The summed E-state index contributed by atoms with van der Waals surface area (Å²) in [4.78, 5) is 12.3. The molecule has 0 N–H and O–H groups in total. The summed E-state index contributed by atoms with van der Waals surface area (Å²) in [7, 11) is 0. The predicted octanol–water partition coefficient (Wildman–Crippen LogP) is 2.62. The summed E-state index contributed by atoms with van der Waals surface area (Å²) in [5.41, 5.74) is 0.831. The Balaban J connectivity index is 2.17. The summed E-state index contributed by atoms with van der Waals surface area (Å²) < 4.78 is 3.65. The van der Waals surface area contributed by atoms with Gasteiger partial charge in [0.05, 0.1) is 6.20 Å². The standard InChI is InChI=1S/C10H7ClN2OS/c11-8-4-2-1-3-7(8)5-9(14)10-6-12-13-15-10/h1-4,6H,5H2. The Morgan fingerprint density at radius 1 is 1.40 bits per heavy atom. The van der Waals surface area contributed by atoms with Gasteiger partial charge < -0.3 is 0 Å². The van der Waals surface area contributed by atoms with Crippen molar-refractivity contribution < 1.29 is 4.79 Å². The Morgan fingerprint density at radius 3 is 2.87 bits per heavy atom. The molecule has 1 aromatic heterocycles. The van der Waals surface area contributed by atoms with Crippen molar-refractivity contribution in [3.05, 3.63) is 45.9 Å². The van der Waals surface area contributed by atoms with Gasteiger partial charge in [-0.05, 0) is 23.2 Å². The summed E-state index contributed by atoms with van der Waals surface area (Å²) in [6.07, 6.45) is 1.77. The van der Waals surface area contributed by atoms with Crippen molar-refractivity contribution in [1.29, 1.82) is 0 Å². The molecular formula is C10H7ClN2OS. The van der Waals surface area contributed by atoms with Gasteiger partial charge in [0, 0.05) is 11.4 Å². The number of carbonyl (C=O) groups excluding carboxylic acids is 1. The molecule has 1 heterocycles. The number of Topliss-reactive ketones (excluding diaryl/α,β-unsaturated/α-hetero) is 1. The van der Waals surface area contributed by atoms with Crippen molar-refractivity contribution in [2.75, 3.05) is 0 Å². The molecule has 5 heteroatoms. The molecule has 3 nitrogen and oxygen atoms in total. The molecule has 0 fully saturated rings. The lowest BCUT2D eigenvalue weighted by atomic mass is 10.1. The van der Waals surface area contributed by atoms with Crippen LogP contribution in [0.2, 0.25) is 5.02 Å². The molecule has 0 saturated heterocycles. The zero-order valence-electron chi connectivity index (χ0n) is 7.68. The highest BCUT2D eigenvalue weighted by molar-refractivity contribution is 7.07. The van der Waals surface area contributed by atoms with E-state index in [0.29, 0.717) is 16.3 Å². The number of nitrogens with zero attached hydrogens (tertiary/aromatic N) is 2. The van der Waals surface area contributed by atoms with Crippen molar-refractivity contribution in [3.8, 4) is 0 Å². The van der Waals surface area contributed by atoms with Gasteiger partial charge in [-0.25, -0.2) is 0 Å². The van der Waals surface area contributed by atoms with E-state index in [9.17, 15) is 4.79 Å². The van der Waals surface area contributed by atoms with E-state index in [1.807, 2.05) is 18.2 Å². The molecule has 0 radical (unpaired) electrons. The first-order valence-electron chi connectivity index (χ1n) is 4.31. The van der Waals surface area contributed by atoms with Gasteiger partial charge in [-0.1, -0.05) is 34.3 Å². The minimum atomic E-state index is -0.00176. The lowest BCUT2D eigenvalue weighted by Gasteiger charge is -2.00. The molecular weight excluding hydrogens is 232 g/mol. The molecule has 76 valence electrons. The number of halogens is 1. The molecule has 0 spiro atoms. The fourth-order valence-electron chi connectivity index (χ4n) is 1.19. The third kappa shape index (κ3) is 2.40. The van der Waals surface area contributed by atoms with E-state index >= 15 is 0 Å². The lowest BCUT2D eigenvalue weighted by Crippen LogP contribution is -2.01. The smallest absolute Gasteiger partial charge is 0.180 e. The van der Waals surface area contributed by atoms with E-state index in [2.05, 4.69) is 9.59 Å². The second kappa shape index (κ2) is 4.51. The quantitative estimate of drug-likeness (QED) is 0.772. The first-order valence-corrected chi connectivity index (χ1v) is 5.46. The van der Waals surface area contributed by atoms with Crippen molar-refractivity contribution >= 4 is 28.9 Å². The molecule has 2 rings (SSSR count). The molecule has 15 heavy (non-hydrogen) atoms. The van der Waals surface area contributed by atoms with Crippen molar-refractivity contribution in [2.45, 2.75) is 6.42 Å². The van der Waals surface area contributed by atoms with Crippen LogP contribution in [0.4, 0.5) is 0 Å². The van der Waals surface area contributed by atoms with Crippen LogP contribution in [0.3, 0.4) is 0 Å². The SMILES string of the molecule is O=C(Cc1ccccc1Cl)c1cnns1. The molecule has 0 saturated carbocycles. The number of ketones is 1. The van der Waals surface area contributed by atoms with Crippen LogP contribution in [0.1, 0.15) is 15.2 Å². The molecule has 1 aromatic carbocycles. The van der Waals surface area contributed by atoms with Crippen LogP contribution in [0.5, 0.6) is 0 Å². The number of rotatable bonds is 3. The number of benzene rings is 1. The van der Waals surface area contributed by atoms with Crippen LogP contribution in [0.25, 0.3) is 0 Å².